The summed E-state index contributed by atoms with van der Waals surface area (Å²) in [7, 11) is -9.31. The first-order valence-corrected chi connectivity index (χ1v) is 4.44. The molecule has 0 rings (SSSR count). The Kier molecular flexibility index (Phi) is 9.60. The van der Waals surface area contributed by atoms with E-state index in [4.69, 9.17) is 36.8 Å². The van der Waals surface area contributed by atoms with Crippen LogP contribution in [0.15, 0.2) is 0 Å². The third-order valence-electron chi connectivity index (χ3n) is 0. The van der Waals surface area contributed by atoms with Crippen LogP contribution in [0.1, 0.15) is 0 Å². The Hall–Kier alpha value is 0.460. The summed E-state index contributed by atoms with van der Waals surface area (Å²) >= 11 is 0. The van der Waals surface area contributed by atoms with E-state index in [1.54, 1.807) is 0 Å². The zero-order valence-corrected chi connectivity index (χ0v) is 8.15. The van der Waals surface area contributed by atoms with Crippen LogP contribution in [0.5, 0.6) is 0 Å². The minimum Gasteiger partial charge on any atom is -0.303 e. The van der Waals surface area contributed by atoms with Crippen LogP contribution < -0.4 is 0 Å². The summed E-state index contributed by atoms with van der Waals surface area (Å²) in [4.78, 5) is 21.6. The molecule has 0 aromatic heterocycles. The zero-order valence-electron chi connectivity index (χ0n) is 4.72. The molecule has 0 radical (unpaired) electrons. The minimum absolute atomic E-state index is 0. The van der Waals surface area contributed by atoms with Crippen LogP contribution in [0.4, 0.5) is 0 Å². The third kappa shape index (κ3) is 3540. The lowest BCUT2D eigenvalue weighted by Crippen LogP contribution is -1.89. The van der Waals surface area contributed by atoms with Crippen molar-refractivity contribution in [2.45, 2.75) is 0 Å². The lowest BCUT2D eigenvalue weighted by Gasteiger charge is -1.82. The van der Waals surface area contributed by atoms with Gasteiger partial charge in [0.25, 0.3) is 0 Å². The Balaban J connectivity index is -0.000000107. The number of rotatable bonds is 0. The van der Waals surface area contributed by atoms with Crippen molar-refractivity contribution in [2.75, 3.05) is 0 Å². The summed E-state index contributed by atoms with van der Waals surface area (Å²) < 4.78 is 40.5. The minimum atomic E-state index is -4.67. The maximum absolute atomic E-state index is 8.88. The SMILES string of the molecule is Br.O=P(O)(O)O.O=S(=O)(O)O. The molecule has 11 heteroatoms. The topological polar surface area (TPSA) is 152 Å². The van der Waals surface area contributed by atoms with E-state index in [1.165, 1.54) is 0 Å². The van der Waals surface area contributed by atoms with E-state index >= 15 is 0 Å². The quantitative estimate of drug-likeness (QED) is 0.279. The molecule has 0 fully saturated rings. The van der Waals surface area contributed by atoms with Gasteiger partial charge in [-0.25, -0.2) is 4.57 Å². The van der Waals surface area contributed by atoms with E-state index in [1.807, 2.05) is 0 Å². The molecule has 0 aromatic carbocycles. The summed E-state index contributed by atoms with van der Waals surface area (Å²) in [6.07, 6.45) is 0. The summed E-state index contributed by atoms with van der Waals surface area (Å²) in [6, 6.07) is 0. The molecule has 11 heavy (non-hydrogen) atoms. The van der Waals surface area contributed by atoms with Crippen LogP contribution in [0.25, 0.3) is 0 Å². The molecule has 8 nitrogen and oxygen atoms in total. The Labute approximate surface area is 72.5 Å². The summed E-state index contributed by atoms with van der Waals surface area (Å²) in [5, 5.41) is 0. The molecule has 0 aromatic rings. The van der Waals surface area contributed by atoms with E-state index < -0.39 is 18.2 Å². The van der Waals surface area contributed by atoms with Crippen LogP contribution in [-0.4, -0.2) is 32.2 Å². The van der Waals surface area contributed by atoms with Crippen LogP contribution in [0.2, 0.25) is 0 Å². The van der Waals surface area contributed by atoms with Crippen molar-refractivity contribution in [3.8, 4) is 0 Å². The molecule has 0 unspecified atom stereocenters. The largest absolute Gasteiger partial charge is 0.466 e. The normalized spacial score (nSPS) is 10.6. The van der Waals surface area contributed by atoms with Crippen LogP contribution in [0, 0.1) is 0 Å². The molecule has 0 amide bonds. The Morgan fingerprint density at radius 2 is 1.00 bits per heavy atom. The first-order valence-electron chi connectivity index (χ1n) is 1.48. The van der Waals surface area contributed by atoms with Crippen LogP contribution in [-0.2, 0) is 15.0 Å². The fourth-order valence-corrected chi connectivity index (χ4v) is 0. The number of phosphoric acid groups is 1. The summed E-state index contributed by atoms with van der Waals surface area (Å²) in [5.74, 6) is 0. The molecule has 0 saturated carbocycles. The summed E-state index contributed by atoms with van der Waals surface area (Å²) in [6.45, 7) is 0. The molecule has 0 aliphatic rings. The van der Waals surface area contributed by atoms with Gasteiger partial charge in [-0.1, -0.05) is 0 Å². The molecular weight excluding hydrogens is 271 g/mol. The van der Waals surface area contributed by atoms with Gasteiger partial charge >= 0.3 is 18.2 Å². The second-order valence-electron chi connectivity index (χ2n) is 0.961. The van der Waals surface area contributed by atoms with Crippen molar-refractivity contribution in [3.05, 3.63) is 0 Å². The molecule has 0 saturated heterocycles. The fraction of sp³-hybridized carbons (Fsp3) is 0. The van der Waals surface area contributed by atoms with E-state index in [2.05, 4.69) is 0 Å². The Morgan fingerprint density at radius 1 is 1.00 bits per heavy atom. The van der Waals surface area contributed by atoms with E-state index in [0.717, 1.165) is 0 Å². The molecule has 0 aliphatic carbocycles. The van der Waals surface area contributed by atoms with Gasteiger partial charge in [-0.15, -0.1) is 17.0 Å². The molecule has 0 aliphatic heterocycles. The van der Waals surface area contributed by atoms with Gasteiger partial charge in [-0.05, 0) is 0 Å². The number of hydrogen-bond donors (Lipinski definition) is 5. The number of hydrogen-bond acceptors (Lipinski definition) is 3. The fourth-order valence-electron chi connectivity index (χ4n) is 0. The Bertz CT molecular complexity index is 192. The highest BCUT2D eigenvalue weighted by Crippen LogP contribution is 2.25. The summed E-state index contributed by atoms with van der Waals surface area (Å²) in [5.41, 5.74) is 0. The van der Waals surface area contributed by atoms with Crippen molar-refractivity contribution in [2.24, 2.45) is 0 Å². The predicted octanol–water partition coefficient (Wildman–Crippen LogP) is -1.00. The molecule has 0 bridgehead atoms. The lowest BCUT2D eigenvalue weighted by molar-refractivity contribution is 0.275. The molecule has 5 N–H and O–H groups in total. The highest BCUT2D eigenvalue weighted by Gasteiger charge is 2.00. The van der Waals surface area contributed by atoms with Crippen molar-refractivity contribution >= 4 is 35.2 Å². The van der Waals surface area contributed by atoms with Gasteiger partial charge in [-0.3, -0.25) is 9.11 Å². The van der Waals surface area contributed by atoms with E-state index in [-0.39, 0.29) is 17.0 Å². The average molecular weight is 277 g/mol. The van der Waals surface area contributed by atoms with Gasteiger partial charge in [0.15, 0.2) is 0 Å². The van der Waals surface area contributed by atoms with Gasteiger partial charge in [0.2, 0.25) is 0 Å². The van der Waals surface area contributed by atoms with Crippen molar-refractivity contribution in [1.29, 1.82) is 0 Å². The van der Waals surface area contributed by atoms with Crippen molar-refractivity contribution in [3.63, 3.8) is 0 Å². The monoisotopic (exact) mass is 276 g/mol. The van der Waals surface area contributed by atoms with Gasteiger partial charge in [0, 0.05) is 0 Å². The highest BCUT2D eigenvalue weighted by atomic mass is 79.9. The molecule has 0 heterocycles. The average Bonchev–Trinajstić information content (AvgIpc) is 1.12. The lowest BCUT2D eigenvalue weighted by atomic mass is 15.8. The van der Waals surface area contributed by atoms with E-state index in [9.17, 15) is 0 Å². The first kappa shape index (κ1) is 17.5. The van der Waals surface area contributed by atoms with Gasteiger partial charge in [0.05, 0.1) is 0 Å². The smallest absolute Gasteiger partial charge is 0.303 e. The van der Waals surface area contributed by atoms with Crippen molar-refractivity contribution in [1.82, 2.24) is 0 Å². The first-order chi connectivity index (χ1) is 4.00. The standard InChI is InChI=1S/BrH.H3O4P.H2O4S/c;2*1-5(2,3)4/h1H;(H3,1,2,3,4);(H2,1,2,3,4). The maximum atomic E-state index is 8.88. The van der Waals surface area contributed by atoms with E-state index in [0.29, 0.717) is 0 Å². The second kappa shape index (κ2) is 6.03. The molecule has 0 atom stereocenters. The van der Waals surface area contributed by atoms with Gasteiger partial charge in [-0.2, -0.15) is 8.42 Å². The van der Waals surface area contributed by atoms with Crippen LogP contribution in [0.3, 0.4) is 0 Å². The van der Waals surface area contributed by atoms with Crippen molar-refractivity contribution < 1.29 is 36.8 Å². The second-order valence-corrected chi connectivity index (χ2v) is 2.88. The molecule has 72 valence electrons. The number of halogens is 1. The Morgan fingerprint density at radius 3 is 1.00 bits per heavy atom. The molecule has 0 spiro atoms. The molecular formula is H6BrO8PS. The predicted molar refractivity (Wildman–Crippen MR) is 38.8 cm³/mol. The third-order valence-corrected chi connectivity index (χ3v) is 0. The maximum Gasteiger partial charge on any atom is 0.466 e. The van der Waals surface area contributed by atoms with Gasteiger partial charge in [0.1, 0.15) is 0 Å². The highest BCUT2D eigenvalue weighted by molar-refractivity contribution is 8.93. The zero-order chi connectivity index (χ0) is 9.00. The van der Waals surface area contributed by atoms with Crippen LogP contribution >= 0.6 is 24.8 Å². The van der Waals surface area contributed by atoms with Gasteiger partial charge < -0.3 is 14.7 Å².